The Balaban J connectivity index is 1.82. The quantitative estimate of drug-likeness (QED) is 0.316. The summed E-state index contributed by atoms with van der Waals surface area (Å²) in [4.78, 5) is 51.9. The second kappa shape index (κ2) is 13.2. The summed E-state index contributed by atoms with van der Waals surface area (Å²) < 4.78 is 11.4. The van der Waals surface area contributed by atoms with Crippen molar-refractivity contribution in [3.8, 4) is 5.75 Å². The molecule has 0 saturated carbocycles. The molecule has 3 rings (SSSR count). The van der Waals surface area contributed by atoms with Crippen molar-refractivity contribution in [2.75, 3.05) is 13.2 Å². The van der Waals surface area contributed by atoms with Gasteiger partial charge in [0.05, 0.1) is 0 Å². The zero-order chi connectivity index (χ0) is 27.7. The van der Waals surface area contributed by atoms with E-state index in [9.17, 15) is 19.2 Å². The number of likely N-dealkylation sites (tertiary alicyclic amines) is 1. The Morgan fingerprint density at radius 3 is 2.47 bits per heavy atom. The first kappa shape index (κ1) is 28.9. The zero-order valence-electron chi connectivity index (χ0n) is 22.4. The lowest BCUT2D eigenvalue weighted by Gasteiger charge is -2.36. The van der Waals surface area contributed by atoms with Crippen LogP contribution in [0.4, 0.5) is 0 Å². The van der Waals surface area contributed by atoms with Gasteiger partial charge < -0.3 is 19.5 Å². The number of carbonyl (C=O) groups is 4. The first-order chi connectivity index (χ1) is 18.1. The van der Waals surface area contributed by atoms with E-state index in [1.807, 2.05) is 37.3 Å². The molecule has 38 heavy (non-hydrogen) atoms. The molecule has 1 N–H and O–H groups in total. The average Bonchev–Trinajstić information content (AvgIpc) is 2.93. The summed E-state index contributed by atoms with van der Waals surface area (Å²) in [6.45, 7) is 5.18. The Morgan fingerprint density at radius 1 is 1.05 bits per heavy atom. The van der Waals surface area contributed by atoms with E-state index < -0.39 is 47.8 Å². The number of rotatable bonds is 12. The molecule has 0 aromatic heterocycles. The predicted octanol–water partition coefficient (Wildman–Crippen LogP) is 4.75. The summed E-state index contributed by atoms with van der Waals surface area (Å²) in [5.41, 5.74) is 0.931. The van der Waals surface area contributed by atoms with E-state index >= 15 is 0 Å². The highest BCUT2D eigenvalue weighted by Crippen LogP contribution is 2.30. The molecule has 2 aromatic carbocycles. The molecule has 1 heterocycles. The van der Waals surface area contributed by atoms with E-state index in [0.29, 0.717) is 43.5 Å². The summed E-state index contributed by atoms with van der Waals surface area (Å²) >= 11 is 0. The number of amides is 1. The Morgan fingerprint density at radius 2 is 1.79 bits per heavy atom. The molecule has 8 nitrogen and oxygen atoms in total. The smallest absolute Gasteiger partial charge is 0.341 e. The SMILES string of the molecule is CCC(C)(C)C(=O)C(=O)N1CCCCC1C(=O)O[C@H](CCc1ccccc1)c1cccc(OCC(=O)O)c1. The number of esters is 1. The number of nitrogens with zero attached hydrogens (tertiary/aromatic N) is 1. The minimum atomic E-state index is -1.09. The topological polar surface area (TPSA) is 110 Å². The van der Waals surface area contributed by atoms with Gasteiger partial charge in [-0.15, -0.1) is 0 Å². The van der Waals surface area contributed by atoms with Gasteiger partial charge >= 0.3 is 11.9 Å². The molecule has 1 fully saturated rings. The number of carboxylic acids is 1. The molecule has 0 radical (unpaired) electrons. The normalized spacial score (nSPS) is 16.4. The van der Waals surface area contributed by atoms with Gasteiger partial charge in [0.25, 0.3) is 5.91 Å². The zero-order valence-corrected chi connectivity index (χ0v) is 22.4. The number of ether oxygens (including phenoxy) is 2. The molecule has 0 bridgehead atoms. The molecule has 1 aliphatic heterocycles. The molecule has 0 spiro atoms. The molecule has 2 aromatic rings. The third kappa shape index (κ3) is 7.66. The predicted molar refractivity (Wildman–Crippen MR) is 142 cm³/mol. The number of carboxylic acid groups (broad SMARTS) is 1. The number of aryl methyl sites for hydroxylation is 1. The van der Waals surface area contributed by atoms with Gasteiger partial charge in [-0.05, 0) is 61.8 Å². The first-order valence-corrected chi connectivity index (χ1v) is 13.2. The fraction of sp³-hybridized carbons (Fsp3) is 0.467. The Hall–Kier alpha value is -3.68. The summed E-state index contributed by atoms with van der Waals surface area (Å²) in [6, 6.07) is 15.8. The van der Waals surface area contributed by atoms with Crippen LogP contribution in [-0.2, 0) is 30.3 Å². The number of carbonyl (C=O) groups excluding carboxylic acids is 3. The third-order valence-electron chi connectivity index (χ3n) is 7.12. The van der Waals surface area contributed by atoms with Crippen molar-refractivity contribution >= 4 is 23.6 Å². The minimum Gasteiger partial charge on any atom is -0.482 e. The second-order valence-corrected chi connectivity index (χ2v) is 10.3. The highest BCUT2D eigenvalue weighted by Gasteiger charge is 2.41. The van der Waals surface area contributed by atoms with E-state index in [1.165, 1.54) is 4.90 Å². The number of Topliss-reactive ketones (excluding diaryl/α,β-unsaturated/α-hetero) is 1. The van der Waals surface area contributed by atoms with Crippen LogP contribution in [0, 0.1) is 5.41 Å². The number of hydrogen-bond acceptors (Lipinski definition) is 6. The minimum absolute atomic E-state index is 0.331. The molecular weight excluding hydrogens is 486 g/mol. The number of aliphatic carboxylic acids is 1. The number of piperidine rings is 1. The van der Waals surface area contributed by atoms with Gasteiger partial charge in [0.1, 0.15) is 17.9 Å². The van der Waals surface area contributed by atoms with Crippen molar-refractivity contribution in [2.24, 2.45) is 5.41 Å². The molecule has 1 saturated heterocycles. The Bertz CT molecular complexity index is 1130. The summed E-state index contributed by atoms with van der Waals surface area (Å²) in [7, 11) is 0. The Labute approximate surface area is 223 Å². The monoisotopic (exact) mass is 523 g/mol. The third-order valence-corrected chi connectivity index (χ3v) is 7.12. The second-order valence-electron chi connectivity index (χ2n) is 10.3. The lowest BCUT2D eigenvalue weighted by molar-refractivity contribution is -0.164. The van der Waals surface area contributed by atoms with Crippen LogP contribution in [0.1, 0.15) is 70.1 Å². The Kier molecular flexibility index (Phi) is 10.0. The van der Waals surface area contributed by atoms with Gasteiger partial charge in [0.2, 0.25) is 5.78 Å². The molecule has 0 aliphatic carbocycles. The molecule has 1 aliphatic rings. The average molecular weight is 524 g/mol. The number of hydrogen-bond donors (Lipinski definition) is 1. The van der Waals surface area contributed by atoms with Gasteiger partial charge in [-0.1, -0.05) is 63.2 Å². The van der Waals surface area contributed by atoms with E-state index in [0.717, 1.165) is 18.4 Å². The summed E-state index contributed by atoms with van der Waals surface area (Å²) in [5, 5.41) is 8.95. The van der Waals surface area contributed by atoms with Gasteiger partial charge in [-0.2, -0.15) is 0 Å². The van der Waals surface area contributed by atoms with Crippen molar-refractivity contribution in [2.45, 2.75) is 71.4 Å². The summed E-state index contributed by atoms with van der Waals surface area (Å²) in [6.07, 6.45) is 2.87. The maximum Gasteiger partial charge on any atom is 0.341 e. The van der Waals surface area contributed by atoms with E-state index in [-0.39, 0.29) is 0 Å². The van der Waals surface area contributed by atoms with Crippen molar-refractivity contribution in [3.63, 3.8) is 0 Å². The van der Waals surface area contributed by atoms with Gasteiger partial charge in [-0.3, -0.25) is 9.59 Å². The first-order valence-electron chi connectivity index (χ1n) is 13.2. The van der Waals surface area contributed by atoms with Gasteiger partial charge in [0, 0.05) is 12.0 Å². The lowest BCUT2D eigenvalue weighted by atomic mass is 9.84. The molecule has 204 valence electrons. The fourth-order valence-electron chi connectivity index (χ4n) is 4.40. The van der Waals surface area contributed by atoms with E-state index in [4.69, 9.17) is 14.6 Å². The van der Waals surface area contributed by atoms with E-state index in [2.05, 4.69) is 0 Å². The molecule has 8 heteroatoms. The highest BCUT2D eigenvalue weighted by atomic mass is 16.5. The number of ketones is 1. The van der Waals surface area contributed by atoms with Crippen molar-refractivity contribution < 1.29 is 33.8 Å². The van der Waals surface area contributed by atoms with Gasteiger partial charge in [0.15, 0.2) is 6.61 Å². The maximum absolute atomic E-state index is 13.5. The van der Waals surface area contributed by atoms with Gasteiger partial charge in [-0.25, -0.2) is 9.59 Å². The van der Waals surface area contributed by atoms with E-state index in [1.54, 1.807) is 38.1 Å². The van der Waals surface area contributed by atoms with Crippen LogP contribution in [0.15, 0.2) is 54.6 Å². The molecule has 1 amide bonds. The van der Waals surface area contributed by atoms with Crippen molar-refractivity contribution in [3.05, 3.63) is 65.7 Å². The van der Waals surface area contributed by atoms with Crippen LogP contribution in [0.3, 0.4) is 0 Å². The molecule has 1 unspecified atom stereocenters. The largest absolute Gasteiger partial charge is 0.482 e. The van der Waals surface area contributed by atoms with Crippen LogP contribution in [-0.4, -0.2) is 52.8 Å². The lowest BCUT2D eigenvalue weighted by Crippen LogP contribution is -2.53. The maximum atomic E-state index is 13.5. The highest BCUT2D eigenvalue weighted by molar-refractivity contribution is 6.38. The number of benzene rings is 2. The fourth-order valence-corrected chi connectivity index (χ4v) is 4.40. The molecular formula is C30H37NO7. The summed E-state index contributed by atoms with van der Waals surface area (Å²) in [5.74, 6) is -2.42. The van der Waals surface area contributed by atoms with Crippen LogP contribution in [0.25, 0.3) is 0 Å². The van der Waals surface area contributed by atoms with Crippen LogP contribution in [0.2, 0.25) is 0 Å². The van der Waals surface area contributed by atoms with Crippen molar-refractivity contribution in [1.82, 2.24) is 4.90 Å². The van der Waals surface area contributed by atoms with Crippen molar-refractivity contribution in [1.29, 1.82) is 0 Å². The van der Waals surface area contributed by atoms with Crippen LogP contribution < -0.4 is 4.74 Å². The standard InChI is InChI=1S/C30H37NO7/c1-4-30(2,3)27(34)28(35)31-18-9-8-15-24(31)29(36)38-25(17-16-21-11-6-5-7-12-21)22-13-10-14-23(19-22)37-20-26(32)33/h5-7,10-14,19,24-25H,4,8-9,15-18,20H2,1-3H3,(H,32,33)/t24?,25-/m1/s1. The van der Waals surface area contributed by atoms with Crippen LogP contribution >= 0.6 is 0 Å². The van der Waals surface area contributed by atoms with Crippen LogP contribution in [0.5, 0.6) is 5.75 Å². The molecule has 2 atom stereocenters.